The van der Waals surface area contributed by atoms with Crippen LogP contribution < -0.4 is 10.1 Å². The first-order valence-electron chi connectivity index (χ1n) is 11.8. The Morgan fingerprint density at radius 3 is 2.61 bits per heavy atom. The van der Waals surface area contributed by atoms with Crippen LogP contribution in [-0.4, -0.2) is 86.3 Å². The number of nitrogens with zero attached hydrogens (tertiary/aromatic N) is 3. The normalized spacial score (nSPS) is 24.7. The summed E-state index contributed by atoms with van der Waals surface area (Å²) in [6.45, 7) is 10.3. The van der Waals surface area contributed by atoms with E-state index in [2.05, 4.69) is 17.1 Å². The maximum Gasteiger partial charge on any atom is 0.265 e. The van der Waals surface area contributed by atoms with E-state index < -0.39 is 16.1 Å². The third-order valence-electron chi connectivity index (χ3n) is 6.78. The molecular formula is C23H34N4O5S. The van der Waals surface area contributed by atoms with Crippen molar-refractivity contribution in [3.05, 3.63) is 17.7 Å². The zero-order valence-corrected chi connectivity index (χ0v) is 20.5. The Kier molecular flexibility index (Phi) is 6.97. The number of rotatable bonds is 5. The minimum absolute atomic E-state index is 0.0630. The zero-order valence-electron chi connectivity index (χ0n) is 19.7. The minimum atomic E-state index is -3.81. The number of carbonyl (C=O) groups excluding carboxylic acids is 2. The summed E-state index contributed by atoms with van der Waals surface area (Å²) in [6.07, 6.45) is 1.77. The average Bonchev–Trinajstić information content (AvgIpc) is 2.80. The number of fused-ring (bicyclic) bond motifs is 1. The number of carbonyl (C=O) groups is 2. The van der Waals surface area contributed by atoms with Crippen LogP contribution in [-0.2, 0) is 19.6 Å². The molecule has 2 saturated heterocycles. The first kappa shape index (κ1) is 24.0. The van der Waals surface area contributed by atoms with Crippen molar-refractivity contribution in [1.29, 1.82) is 0 Å². The number of piperazine rings is 1. The second-order valence-electron chi connectivity index (χ2n) is 9.23. The Hall–Kier alpha value is -2.17. The highest BCUT2D eigenvalue weighted by Crippen LogP contribution is 2.36. The Morgan fingerprint density at radius 2 is 1.91 bits per heavy atom. The van der Waals surface area contributed by atoms with E-state index in [-0.39, 0.29) is 29.2 Å². The Bertz CT molecular complexity index is 1020. The van der Waals surface area contributed by atoms with E-state index >= 15 is 0 Å². The van der Waals surface area contributed by atoms with Crippen molar-refractivity contribution in [3.8, 4) is 5.75 Å². The summed E-state index contributed by atoms with van der Waals surface area (Å²) in [5, 5.41) is 2.75. The molecule has 9 nitrogen and oxygen atoms in total. The quantitative estimate of drug-likeness (QED) is 0.691. The van der Waals surface area contributed by atoms with Gasteiger partial charge in [-0.3, -0.25) is 14.5 Å². The highest BCUT2D eigenvalue weighted by Gasteiger charge is 2.37. The maximum absolute atomic E-state index is 13.6. The molecule has 1 aromatic rings. The van der Waals surface area contributed by atoms with Gasteiger partial charge in [-0.1, -0.05) is 6.92 Å². The minimum Gasteiger partial charge on any atom is -0.479 e. The maximum atomic E-state index is 13.6. The molecule has 4 rings (SSSR count). The van der Waals surface area contributed by atoms with E-state index in [4.69, 9.17) is 4.74 Å². The SMILES string of the molecule is CCCN1CCN(C(=O)[C@H]2CCCN(S(=O)(=O)c3cc4c(cc3C)NC(=O)[C@@H](C)O4)C2)CC1. The van der Waals surface area contributed by atoms with E-state index in [0.29, 0.717) is 49.5 Å². The largest absolute Gasteiger partial charge is 0.479 e. The molecule has 1 aromatic carbocycles. The predicted molar refractivity (Wildman–Crippen MR) is 125 cm³/mol. The highest BCUT2D eigenvalue weighted by atomic mass is 32.2. The van der Waals surface area contributed by atoms with Gasteiger partial charge >= 0.3 is 0 Å². The van der Waals surface area contributed by atoms with Crippen molar-refractivity contribution in [3.63, 3.8) is 0 Å². The number of anilines is 1. The van der Waals surface area contributed by atoms with E-state index in [1.165, 1.54) is 10.4 Å². The molecule has 0 aliphatic carbocycles. The van der Waals surface area contributed by atoms with Crippen molar-refractivity contribution in [2.24, 2.45) is 5.92 Å². The molecule has 2 amide bonds. The summed E-state index contributed by atoms with van der Waals surface area (Å²) in [5.41, 5.74) is 1.01. The van der Waals surface area contributed by atoms with Crippen LogP contribution in [0, 0.1) is 12.8 Å². The van der Waals surface area contributed by atoms with Gasteiger partial charge in [0.2, 0.25) is 15.9 Å². The fraction of sp³-hybridized carbons (Fsp3) is 0.652. The van der Waals surface area contributed by atoms with Gasteiger partial charge in [0, 0.05) is 45.3 Å². The third-order valence-corrected chi connectivity index (χ3v) is 8.79. The van der Waals surface area contributed by atoms with Gasteiger partial charge in [-0.25, -0.2) is 8.42 Å². The van der Waals surface area contributed by atoms with Gasteiger partial charge in [0.05, 0.1) is 16.5 Å². The number of hydrogen-bond acceptors (Lipinski definition) is 6. The molecule has 0 spiro atoms. The van der Waals surface area contributed by atoms with Gasteiger partial charge < -0.3 is 15.0 Å². The molecule has 0 bridgehead atoms. The number of ether oxygens (including phenoxy) is 1. The molecule has 182 valence electrons. The highest BCUT2D eigenvalue weighted by molar-refractivity contribution is 7.89. The molecule has 3 heterocycles. The lowest BCUT2D eigenvalue weighted by atomic mass is 9.98. The molecule has 3 aliphatic rings. The van der Waals surface area contributed by atoms with Crippen molar-refractivity contribution in [2.75, 3.05) is 51.1 Å². The molecule has 1 N–H and O–H groups in total. The second-order valence-corrected chi connectivity index (χ2v) is 11.1. The molecule has 0 saturated carbocycles. The summed E-state index contributed by atoms with van der Waals surface area (Å²) < 4.78 is 34.2. The predicted octanol–water partition coefficient (Wildman–Crippen LogP) is 1.67. The summed E-state index contributed by atoms with van der Waals surface area (Å²) in [7, 11) is -3.81. The number of nitrogens with one attached hydrogen (secondary N) is 1. The summed E-state index contributed by atoms with van der Waals surface area (Å²) >= 11 is 0. The van der Waals surface area contributed by atoms with Gasteiger partial charge in [0.25, 0.3) is 5.91 Å². The van der Waals surface area contributed by atoms with Crippen LogP contribution in [0.4, 0.5) is 5.69 Å². The molecule has 0 aromatic heterocycles. The van der Waals surface area contributed by atoms with Crippen LogP contribution >= 0.6 is 0 Å². The molecule has 0 radical (unpaired) electrons. The van der Waals surface area contributed by atoms with Gasteiger partial charge in [-0.2, -0.15) is 4.31 Å². The number of amides is 2. The molecule has 0 unspecified atom stereocenters. The van der Waals surface area contributed by atoms with Crippen molar-refractivity contribution >= 4 is 27.5 Å². The lowest BCUT2D eigenvalue weighted by Crippen LogP contribution is -2.53. The van der Waals surface area contributed by atoms with Crippen molar-refractivity contribution in [1.82, 2.24) is 14.1 Å². The van der Waals surface area contributed by atoms with Gasteiger partial charge in [-0.15, -0.1) is 0 Å². The van der Waals surface area contributed by atoms with Crippen LogP contribution in [0.5, 0.6) is 5.75 Å². The van der Waals surface area contributed by atoms with E-state index in [1.54, 1.807) is 19.9 Å². The molecule has 2 atom stereocenters. The number of benzene rings is 1. The molecule has 3 aliphatic heterocycles. The first-order valence-corrected chi connectivity index (χ1v) is 13.3. The molecule has 10 heteroatoms. The van der Waals surface area contributed by atoms with E-state index in [0.717, 1.165) is 26.1 Å². The fourth-order valence-corrected chi connectivity index (χ4v) is 6.63. The summed E-state index contributed by atoms with van der Waals surface area (Å²) in [4.78, 5) is 29.5. The Balaban J connectivity index is 1.48. The van der Waals surface area contributed by atoms with Crippen molar-refractivity contribution in [2.45, 2.75) is 51.0 Å². The van der Waals surface area contributed by atoms with E-state index in [9.17, 15) is 18.0 Å². The summed E-state index contributed by atoms with van der Waals surface area (Å²) in [5.74, 6) is -0.167. The number of piperidine rings is 1. The van der Waals surface area contributed by atoms with Gasteiger partial charge in [0.1, 0.15) is 5.75 Å². The number of sulfonamides is 1. The number of hydrogen-bond donors (Lipinski definition) is 1. The van der Waals surface area contributed by atoms with Crippen LogP contribution in [0.1, 0.15) is 38.7 Å². The van der Waals surface area contributed by atoms with Crippen LogP contribution in [0.2, 0.25) is 0 Å². The van der Waals surface area contributed by atoms with E-state index in [1.807, 2.05) is 4.90 Å². The van der Waals surface area contributed by atoms with Gasteiger partial charge in [-0.05, 0) is 51.3 Å². The lowest BCUT2D eigenvalue weighted by Gasteiger charge is -2.38. The molecular weight excluding hydrogens is 444 g/mol. The van der Waals surface area contributed by atoms with Crippen LogP contribution in [0.15, 0.2) is 17.0 Å². The first-order chi connectivity index (χ1) is 15.7. The third kappa shape index (κ3) is 4.88. The fourth-order valence-electron chi connectivity index (χ4n) is 4.89. The smallest absolute Gasteiger partial charge is 0.265 e. The Labute approximate surface area is 196 Å². The van der Waals surface area contributed by atoms with Gasteiger partial charge in [0.15, 0.2) is 6.10 Å². The topological polar surface area (TPSA) is 99.3 Å². The summed E-state index contributed by atoms with van der Waals surface area (Å²) in [6, 6.07) is 3.13. The second kappa shape index (κ2) is 9.60. The lowest BCUT2D eigenvalue weighted by molar-refractivity contribution is -0.138. The Morgan fingerprint density at radius 1 is 1.18 bits per heavy atom. The molecule has 33 heavy (non-hydrogen) atoms. The monoisotopic (exact) mass is 478 g/mol. The standard InChI is InChI=1S/C23H34N4O5S/c1-4-7-25-9-11-26(12-10-25)23(29)18-6-5-8-27(15-18)33(30,31)21-14-20-19(13-16(21)2)24-22(28)17(3)32-20/h13-14,17-18H,4-12,15H2,1-3H3,(H,24,28)/t17-,18+/m1/s1. The van der Waals surface area contributed by atoms with Crippen LogP contribution in [0.3, 0.4) is 0 Å². The number of aryl methyl sites for hydroxylation is 1. The average molecular weight is 479 g/mol. The van der Waals surface area contributed by atoms with Crippen molar-refractivity contribution < 1.29 is 22.7 Å². The van der Waals surface area contributed by atoms with Crippen LogP contribution in [0.25, 0.3) is 0 Å². The molecule has 2 fully saturated rings. The zero-order chi connectivity index (χ0) is 23.8.